The molecule has 0 saturated carbocycles. The summed E-state index contributed by atoms with van der Waals surface area (Å²) in [5.41, 5.74) is -2.58. The molecule has 2 aliphatic rings. The van der Waals surface area contributed by atoms with E-state index >= 15 is 0 Å². The Balaban J connectivity index is 1.93. The van der Waals surface area contributed by atoms with Gasteiger partial charge in [-0.25, -0.2) is 0 Å². The number of nitrogens with zero attached hydrogens (tertiary/aromatic N) is 3. The minimum Gasteiger partial charge on any atom is -0.493 e. The third-order valence-corrected chi connectivity index (χ3v) is 6.71. The van der Waals surface area contributed by atoms with E-state index in [4.69, 9.17) is 24.4 Å². The van der Waals surface area contributed by atoms with Crippen molar-refractivity contribution in [2.24, 2.45) is 16.7 Å². The van der Waals surface area contributed by atoms with Gasteiger partial charge in [0.2, 0.25) is 17.1 Å². The predicted octanol–water partition coefficient (Wildman–Crippen LogP) is 3.90. The molecule has 2 fully saturated rings. The molecule has 1 N–H and O–H groups in total. The molecule has 4 rings (SSSR count). The van der Waals surface area contributed by atoms with Crippen LogP contribution >= 0.6 is 0 Å². The van der Waals surface area contributed by atoms with Crippen molar-refractivity contribution < 1.29 is 18.9 Å². The van der Waals surface area contributed by atoms with Crippen molar-refractivity contribution in [3.05, 3.63) is 59.7 Å². The van der Waals surface area contributed by atoms with Crippen molar-refractivity contribution in [3.63, 3.8) is 0 Å². The molecule has 0 aromatic heterocycles. The zero-order chi connectivity index (χ0) is 23.9. The highest BCUT2D eigenvalue weighted by molar-refractivity contribution is 5.89. The van der Waals surface area contributed by atoms with Crippen molar-refractivity contribution in [2.45, 2.75) is 25.2 Å². The maximum Gasteiger partial charge on any atom is 0.215 e. The van der Waals surface area contributed by atoms with Gasteiger partial charge in [-0.05, 0) is 29.7 Å². The maximum atomic E-state index is 10.5. The Bertz CT molecular complexity index is 1210. The van der Waals surface area contributed by atoms with E-state index in [0.717, 1.165) is 5.56 Å². The van der Waals surface area contributed by atoms with Gasteiger partial charge in [0.15, 0.2) is 16.9 Å². The minimum absolute atomic E-state index is 0.289. The van der Waals surface area contributed by atoms with E-state index in [-0.39, 0.29) is 6.42 Å². The molecule has 2 aromatic carbocycles. The van der Waals surface area contributed by atoms with Crippen LogP contribution in [-0.2, 0) is 15.9 Å². The summed E-state index contributed by atoms with van der Waals surface area (Å²) < 4.78 is 22.9. The fourth-order valence-corrected chi connectivity index (χ4v) is 5.05. The third-order valence-electron chi connectivity index (χ3n) is 6.71. The summed E-state index contributed by atoms with van der Waals surface area (Å²) in [6, 6.07) is 20.6. The normalized spacial score (nSPS) is 29.2. The molecule has 166 valence electrons. The Hall–Kier alpha value is -4.06. The molecule has 4 atom stereocenters. The Morgan fingerprint density at radius 2 is 1.64 bits per heavy atom. The van der Waals surface area contributed by atoms with Gasteiger partial charge in [-0.2, -0.15) is 15.8 Å². The number of benzene rings is 2. The van der Waals surface area contributed by atoms with E-state index < -0.39 is 34.5 Å². The number of nitrogens with one attached hydrogen (secondary N) is 1. The Labute approximate surface area is 192 Å². The topological polar surface area (TPSA) is 132 Å². The second-order valence-electron chi connectivity index (χ2n) is 8.25. The summed E-state index contributed by atoms with van der Waals surface area (Å²) in [6.07, 6.45) is -0.885. The van der Waals surface area contributed by atoms with Crippen molar-refractivity contribution in [2.75, 3.05) is 14.2 Å². The Morgan fingerprint density at radius 3 is 2.21 bits per heavy atom. The number of hydrogen-bond donors (Lipinski definition) is 1. The standard InChI is InChI=1S/C25H22N4O4/c1-23-20(11-16-7-5-4-6-8-16)25(15-28,22(29)33-23)24(13-26,14-27)21(32-23)17-9-10-18(30-2)19(12-17)31-3/h4-10,12,20-21,29H,11H2,1-3H3. The lowest BCUT2D eigenvalue weighted by molar-refractivity contribution is -0.272. The van der Waals surface area contributed by atoms with E-state index in [2.05, 4.69) is 18.2 Å². The first-order chi connectivity index (χ1) is 15.9. The highest BCUT2D eigenvalue weighted by Crippen LogP contribution is 2.67. The Morgan fingerprint density at radius 1 is 0.970 bits per heavy atom. The Kier molecular flexibility index (Phi) is 5.24. The van der Waals surface area contributed by atoms with Gasteiger partial charge in [0.25, 0.3) is 0 Å². The summed E-state index contributed by atoms with van der Waals surface area (Å²) >= 11 is 0. The van der Waals surface area contributed by atoms with Crippen molar-refractivity contribution in [1.82, 2.24) is 0 Å². The first-order valence-corrected chi connectivity index (χ1v) is 10.3. The lowest BCUT2D eigenvalue weighted by atomic mass is 9.52. The fraction of sp³-hybridized carbons (Fsp3) is 0.360. The SMILES string of the molecule is COc1ccc(C2OC3(C)OC(=N)C(C#N)(C3Cc3ccccc3)C2(C#N)C#N)cc1OC. The number of methoxy groups -OCH3 is 2. The lowest BCUT2D eigenvalue weighted by Crippen LogP contribution is -2.59. The average molecular weight is 442 g/mol. The highest BCUT2D eigenvalue weighted by Gasteiger charge is 2.79. The lowest BCUT2D eigenvalue weighted by Gasteiger charge is -2.48. The van der Waals surface area contributed by atoms with Crippen molar-refractivity contribution in [3.8, 4) is 29.7 Å². The molecular formula is C25H22N4O4. The van der Waals surface area contributed by atoms with E-state index in [1.54, 1.807) is 25.1 Å². The van der Waals surface area contributed by atoms with E-state index in [1.165, 1.54) is 14.2 Å². The second kappa shape index (κ2) is 7.81. The first kappa shape index (κ1) is 22.1. The van der Waals surface area contributed by atoms with Crippen LogP contribution < -0.4 is 9.47 Å². The van der Waals surface area contributed by atoms with E-state index in [1.807, 2.05) is 30.3 Å². The summed E-state index contributed by atoms with van der Waals surface area (Å²) in [6.45, 7) is 1.65. The molecule has 2 aromatic rings. The molecule has 4 unspecified atom stereocenters. The number of nitriles is 3. The second-order valence-corrected chi connectivity index (χ2v) is 8.25. The summed E-state index contributed by atoms with van der Waals surface area (Å²) in [5.74, 6) is -1.75. The molecule has 0 spiro atoms. The van der Waals surface area contributed by atoms with Gasteiger partial charge in [0.05, 0.1) is 38.3 Å². The van der Waals surface area contributed by atoms with Gasteiger partial charge < -0.3 is 18.9 Å². The van der Waals surface area contributed by atoms with Gasteiger partial charge in [0, 0.05) is 6.92 Å². The number of rotatable bonds is 5. The predicted molar refractivity (Wildman–Crippen MR) is 116 cm³/mol. The van der Waals surface area contributed by atoms with Gasteiger partial charge in [-0.3, -0.25) is 5.41 Å². The number of ether oxygens (including phenoxy) is 4. The molecule has 0 aliphatic carbocycles. The fourth-order valence-electron chi connectivity index (χ4n) is 5.05. The summed E-state index contributed by atoms with van der Waals surface area (Å²) in [4.78, 5) is 0. The summed E-state index contributed by atoms with van der Waals surface area (Å²) in [5, 5.41) is 39.9. The van der Waals surface area contributed by atoms with Crippen LogP contribution in [0.2, 0.25) is 0 Å². The van der Waals surface area contributed by atoms with Crippen LogP contribution in [0.4, 0.5) is 0 Å². The number of fused-ring (bicyclic) bond motifs is 2. The van der Waals surface area contributed by atoms with Crippen LogP contribution in [0.3, 0.4) is 0 Å². The zero-order valence-corrected chi connectivity index (χ0v) is 18.5. The van der Waals surface area contributed by atoms with Crippen LogP contribution in [-0.4, -0.2) is 25.9 Å². The molecule has 33 heavy (non-hydrogen) atoms. The highest BCUT2D eigenvalue weighted by atomic mass is 16.7. The van der Waals surface area contributed by atoms with Crippen LogP contribution in [0.25, 0.3) is 0 Å². The summed E-state index contributed by atoms with van der Waals surface area (Å²) in [7, 11) is 2.97. The zero-order valence-electron chi connectivity index (χ0n) is 18.5. The van der Waals surface area contributed by atoms with Crippen molar-refractivity contribution >= 4 is 5.90 Å². The molecule has 2 bridgehead atoms. The van der Waals surface area contributed by atoms with Crippen LogP contribution in [0.5, 0.6) is 11.5 Å². The van der Waals surface area contributed by atoms with Gasteiger partial charge in [0.1, 0.15) is 6.10 Å². The van der Waals surface area contributed by atoms with Gasteiger partial charge in [-0.1, -0.05) is 36.4 Å². The van der Waals surface area contributed by atoms with Crippen molar-refractivity contribution in [1.29, 1.82) is 21.2 Å². The molecule has 2 heterocycles. The van der Waals surface area contributed by atoms with Crippen LogP contribution in [0, 0.1) is 56.2 Å². The average Bonchev–Trinajstić information content (AvgIpc) is 3.00. The molecule has 8 nitrogen and oxygen atoms in total. The molecule has 8 heteroatoms. The van der Waals surface area contributed by atoms with E-state index in [0.29, 0.717) is 17.1 Å². The minimum atomic E-state index is -2.05. The quantitative estimate of drug-likeness (QED) is 0.742. The molecule has 0 amide bonds. The first-order valence-electron chi connectivity index (χ1n) is 10.3. The largest absolute Gasteiger partial charge is 0.493 e. The van der Waals surface area contributed by atoms with E-state index in [9.17, 15) is 15.8 Å². The molecule has 2 saturated heterocycles. The van der Waals surface area contributed by atoms with Gasteiger partial charge in [-0.15, -0.1) is 0 Å². The van der Waals surface area contributed by atoms with Crippen LogP contribution in [0.1, 0.15) is 24.2 Å². The van der Waals surface area contributed by atoms with Gasteiger partial charge >= 0.3 is 0 Å². The third kappa shape index (κ3) is 2.87. The molecular weight excluding hydrogens is 420 g/mol. The molecule has 2 aliphatic heterocycles. The monoisotopic (exact) mass is 442 g/mol. The smallest absolute Gasteiger partial charge is 0.215 e. The molecule has 0 radical (unpaired) electrons. The van der Waals surface area contributed by atoms with Crippen LogP contribution in [0.15, 0.2) is 48.5 Å². The number of hydrogen-bond acceptors (Lipinski definition) is 8. The maximum absolute atomic E-state index is 10.5.